The predicted molar refractivity (Wildman–Crippen MR) is 82.7 cm³/mol. The molecule has 0 fully saturated rings. The second-order valence-electron chi connectivity index (χ2n) is 6.12. The van der Waals surface area contributed by atoms with Crippen LogP contribution < -0.4 is 10.1 Å². The Hall–Kier alpha value is -1.02. The molecule has 0 heterocycles. The molecule has 2 nitrogen and oxygen atoms in total. The van der Waals surface area contributed by atoms with Crippen molar-refractivity contribution in [3.8, 4) is 5.75 Å². The maximum Gasteiger partial charge on any atom is 0.126 e. The van der Waals surface area contributed by atoms with Gasteiger partial charge < -0.3 is 10.1 Å². The number of para-hydroxylation sites is 1. The Labute approximate surface area is 118 Å². The molecule has 0 amide bonds. The molecule has 0 spiro atoms. The first-order valence-electron chi connectivity index (χ1n) is 7.42. The van der Waals surface area contributed by atoms with Crippen molar-refractivity contribution in [3.63, 3.8) is 0 Å². The van der Waals surface area contributed by atoms with Crippen LogP contribution in [0.4, 0.5) is 0 Å². The molecule has 0 unspecified atom stereocenters. The second kappa shape index (κ2) is 8.21. The van der Waals surface area contributed by atoms with Crippen LogP contribution in [0.25, 0.3) is 0 Å². The first kappa shape index (κ1) is 16.0. The SMILES string of the molecule is Cc1cccc(CNCC(C)C)c1OCCC(C)C. The minimum atomic E-state index is 0.676. The van der Waals surface area contributed by atoms with Crippen LogP contribution in [-0.4, -0.2) is 13.2 Å². The van der Waals surface area contributed by atoms with Crippen molar-refractivity contribution in [3.05, 3.63) is 29.3 Å². The Morgan fingerprint density at radius 1 is 1.11 bits per heavy atom. The van der Waals surface area contributed by atoms with Crippen LogP contribution in [0.5, 0.6) is 5.75 Å². The molecule has 0 saturated carbocycles. The van der Waals surface area contributed by atoms with Gasteiger partial charge in [0.1, 0.15) is 5.75 Å². The van der Waals surface area contributed by atoms with Gasteiger partial charge in [-0.25, -0.2) is 0 Å². The van der Waals surface area contributed by atoms with Gasteiger partial charge in [-0.3, -0.25) is 0 Å². The van der Waals surface area contributed by atoms with Crippen LogP contribution in [0.2, 0.25) is 0 Å². The summed E-state index contributed by atoms with van der Waals surface area (Å²) >= 11 is 0. The Kier molecular flexibility index (Phi) is 6.93. The van der Waals surface area contributed by atoms with E-state index in [4.69, 9.17) is 4.74 Å². The minimum Gasteiger partial charge on any atom is -0.493 e. The summed E-state index contributed by atoms with van der Waals surface area (Å²) in [5.41, 5.74) is 2.50. The van der Waals surface area contributed by atoms with Crippen molar-refractivity contribution in [1.82, 2.24) is 5.32 Å². The first-order chi connectivity index (χ1) is 9.00. The molecule has 108 valence electrons. The number of rotatable bonds is 8. The quantitative estimate of drug-likeness (QED) is 0.760. The highest BCUT2D eigenvalue weighted by molar-refractivity contribution is 5.40. The fourth-order valence-corrected chi connectivity index (χ4v) is 1.95. The van der Waals surface area contributed by atoms with E-state index in [1.807, 2.05) is 0 Å². The summed E-state index contributed by atoms with van der Waals surface area (Å²) < 4.78 is 6.00. The van der Waals surface area contributed by atoms with Gasteiger partial charge in [0.25, 0.3) is 0 Å². The lowest BCUT2D eigenvalue weighted by molar-refractivity contribution is 0.284. The molecular weight excluding hydrogens is 234 g/mol. The number of hydrogen-bond donors (Lipinski definition) is 1. The molecular formula is C17H29NO. The van der Waals surface area contributed by atoms with Gasteiger partial charge in [-0.1, -0.05) is 45.9 Å². The molecule has 1 rings (SSSR count). The molecule has 1 aromatic carbocycles. The lowest BCUT2D eigenvalue weighted by atomic mass is 10.1. The summed E-state index contributed by atoms with van der Waals surface area (Å²) in [6.07, 6.45) is 1.10. The highest BCUT2D eigenvalue weighted by atomic mass is 16.5. The Morgan fingerprint density at radius 3 is 2.47 bits per heavy atom. The first-order valence-corrected chi connectivity index (χ1v) is 7.42. The van der Waals surface area contributed by atoms with Gasteiger partial charge in [0, 0.05) is 12.1 Å². The summed E-state index contributed by atoms with van der Waals surface area (Å²) in [5.74, 6) is 2.43. The average molecular weight is 263 g/mol. The number of benzene rings is 1. The molecule has 1 aromatic rings. The maximum atomic E-state index is 6.00. The molecule has 0 aliphatic heterocycles. The third kappa shape index (κ3) is 6.11. The van der Waals surface area contributed by atoms with Crippen LogP contribution in [0.3, 0.4) is 0 Å². The Balaban J connectivity index is 2.61. The van der Waals surface area contributed by atoms with Gasteiger partial charge in [-0.05, 0) is 37.3 Å². The van der Waals surface area contributed by atoms with Crippen molar-refractivity contribution in [2.24, 2.45) is 11.8 Å². The zero-order valence-corrected chi connectivity index (χ0v) is 13.1. The van der Waals surface area contributed by atoms with Gasteiger partial charge in [-0.15, -0.1) is 0 Å². The average Bonchev–Trinajstić information content (AvgIpc) is 2.31. The molecule has 2 heteroatoms. The molecule has 0 bridgehead atoms. The van der Waals surface area contributed by atoms with Crippen molar-refractivity contribution in [1.29, 1.82) is 0 Å². The standard InChI is InChI=1S/C17H29NO/c1-13(2)9-10-19-17-15(5)7-6-8-16(17)12-18-11-14(3)4/h6-8,13-14,18H,9-12H2,1-5H3. The van der Waals surface area contributed by atoms with Crippen LogP contribution in [0, 0.1) is 18.8 Å². The summed E-state index contributed by atoms with van der Waals surface area (Å²) in [6.45, 7) is 13.8. The summed E-state index contributed by atoms with van der Waals surface area (Å²) in [6, 6.07) is 6.39. The highest BCUT2D eigenvalue weighted by Gasteiger charge is 2.07. The highest BCUT2D eigenvalue weighted by Crippen LogP contribution is 2.24. The van der Waals surface area contributed by atoms with E-state index in [0.717, 1.165) is 31.9 Å². The summed E-state index contributed by atoms with van der Waals surface area (Å²) in [5, 5.41) is 3.49. The number of nitrogens with one attached hydrogen (secondary N) is 1. The Morgan fingerprint density at radius 2 is 1.84 bits per heavy atom. The van der Waals surface area contributed by atoms with E-state index in [2.05, 4.69) is 58.1 Å². The smallest absolute Gasteiger partial charge is 0.126 e. The zero-order valence-electron chi connectivity index (χ0n) is 13.1. The fourth-order valence-electron chi connectivity index (χ4n) is 1.95. The van der Waals surface area contributed by atoms with Crippen molar-refractivity contribution in [2.45, 2.75) is 47.6 Å². The van der Waals surface area contributed by atoms with Crippen LogP contribution in [-0.2, 0) is 6.54 Å². The number of hydrogen-bond acceptors (Lipinski definition) is 2. The second-order valence-corrected chi connectivity index (χ2v) is 6.12. The van der Waals surface area contributed by atoms with Gasteiger partial charge in [-0.2, -0.15) is 0 Å². The molecule has 0 saturated heterocycles. The largest absolute Gasteiger partial charge is 0.493 e. The van der Waals surface area contributed by atoms with Gasteiger partial charge in [0.05, 0.1) is 6.61 Å². The van der Waals surface area contributed by atoms with E-state index in [-0.39, 0.29) is 0 Å². The third-order valence-electron chi connectivity index (χ3n) is 3.10. The topological polar surface area (TPSA) is 21.3 Å². The zero-order chi connectivity index (χ0) is 14.3. The van der Waals surface area contributed by atoms with Crippen LogP contribution >= 0.6 is 0 Å². The van der Waals surface area contributed by atoms with E-state index in [1.54, 1.807) is 0 Å². The normalized spacial score (nSPS) is 11.3. The third-order valence-corrected chi connectivity index (χ3v) is 3.10. The number of ether oxygens (including phenoxy) is 1. The summed E-state index contributed by atoms with van der Waals surface area (Å²) in [4.78, 5) is 0. The monoisotopic (exact) mass is 263 g/mol. The van der Waals surface area contributed by atoms with Gasteiger partial charge >= 0.3 is 0 Å². The molecule has 1 N–H and O–H groups in total. The minimum absolute atomic E-state index is 0.676. The number of aryl methyl sites for hydroxylation is 1. The van der Waals surface area contributed by atoms with Crippen molar-refractivity contribution in [2.75, 3.05) is 13.2 Å². The van der Waals surface area contributed by atoms with Gasteiger partial charge in [0.15, 0.2) is 0 Å². The van der Waals surface area contributed by atoms with Gasteiger partial charge in [0.2, 0.25) is 0 Å². The molecule has 19 heavy (non-hydrogen) atoms. The molecule has 0 aliphatic carbocycles. The van der Waals surface area contributed by atoms with Crippen LogP contribution in [0.1, 0.15) is 45.2 Å². The van der Waals surface area contributed by atoms with E-state index in [1.165, 1.54) is 11.1 Å². The predicted octanol–water partition coefficient (Wildman–Crippen LogP) is 4.17. The molecule has 0 aliphatic rings. The van der Waals surface area contributed by atoms with E-state index < -0.39 is 0 Å². The van der Waals surface area contributed by atoms with Crippen LogP contribution in [0.15, 0.2) is 18.2 Å². The van der Waals surface area contributed by atoms with E-state index in [0.29, 0.717) is 11.8 Å². The van der Waals surface area contributed by atoms with Crippen molar-refractivity contribution >= 4 is 0 Å². The lowest BCUT2D eigenvalue weighted by Crippen LogP contribution is -2.19. The summed E-state index contributed by atoms with van der Waals surface area (Å²) in [7, 11) is 0. The molecule has 0 radical (unpaired) electrons. The van der Waals surface area contributed by atoms with E-state index >= 15 is 0 Å². The molecule has 0 atom stereocenters. The maximum absolute atomic E-state index is 6.00. The van der Waals surface area contributed by atoms with Crippen molar-refractivity contribution < 1.29 is 4.74 Å². The van der Waals surface area contributed by atoms with E-state index in [9.17, 15) is 0 Å². The lowest BCUT2D eigenvalue weighted by Gasteiger charge is -2.16. The molecule has 0 aromatic heterocycles. The fraction of sp³-hybridized carbons (Fsp3) is 0.647. The Bertz CT molecular complexity index is 372.